The van der Waals surface area contributed by atoms with Crippen LogP contribution in [0.4, 0.5) is 11.4 Å². The van der Waals surface area contributed by atoms with E-state index in [2.05, 4.69) is 34.6 Å². The molecule has 0 aliphatic carbocycles. The molecule has 2 aromatic rings. The summed E-state index contributed by atoms with van der Waals surface area (Å²) in [6.45, 7) is 10.1. The van der Waals surface area contributed by atoms with Crippen molar-refractivity contribution in [1.82, 2.24) is 5.43 Å². The summed E-state index contributed by atoms with van der Waals surface area (Å²) in [4.78, 5) is 26.2. The summed E-state index contributed by atoms with van der Waals surface area (Å²) in [6, 6.07) is 13.8. The lowest BCUT2D eigenvalue weighted by atomic mass is 10.1. The minimum absolute atomic E-state index is 0.0784. The number of benzene rings is 2. The second kappa shape index (κ2) is 11.0. The maximum Gasteiger partial charge on any atom is 0.240 e. The predicted octanol–water partition coefficient (Wildman–Crippen LogP) is 4.02. The number of hydrogen-bond acceptors (Lipinski definition) is 4. The van der Waals surface area contributed by atoms with E-state index in [9.17, 15) is 9.59 Å². The van der Waals surface area contributed by atoms with Crippen LogP contribution in [0.3, 0.4) is 0 Å². The fourth-order valence-corrected chi connectivity index (χ4v) is 2.99. The number of aryl methyl sites for hydroxylation is 2. The number of carbonyl (C=O) groups excluding carboxylic acids is 2. The molecular formula is C23H30N4O2. The van der Waals surface area contributed by atoms with Crippen molar-refractivity contribution < 1.29 is 9.59 Å². The summed E-state index contributed by atoms with van der Waals surface area (Å²) in [5.41, 5.74) is 7.43. The van der Waals surface area contributed by atoms with Crippen LogP contribution in [0.15, 0.2) is 47.6 Å². The Kier molecular flexibility index (Phi) is 8.40. The highest BCUT2D eigenvalue weighted by Gasteiger charge is 2.08. The largest absolute Gasteiger partial charge is 0.372 e. The normalized spacial score (nSPS) is 10.8. The van der Waals surface area contributed by atoms with Crippen molar-refractivity contribution in [3.8, 4) is 0 Å². The molecule has 6 heteroatoms. The van der Waals surface area contributed by atoms with Gasteiger partial charge in [0.2, 0.25) is 11.8 Å². The second-order valence-corrected chi connectivity index (χ2v) is 6.92. The third-order valence-corrected chi connectivity index (χ3v) is 4.66. The van der Waals surface area contributed by atoms with Gasteiger partial charge in [-0.15, -0.1) is 0 Å². The molecule has 0 unspecified atom stereocenters. The molecule has 0 aliphatic rings. The Morgan fingerprint density at radius 2 is 1.62 bits per heavy atom. The minimum atomic E-state index is -0.295. The van der Waals surface area contributed by atoms with Gasteiger partial charge in [0.25, 0.3) is 0 Å². The van der Waals surface area contributed by atoms with Crippen molar-refractivity contribution >= 4 is 29.4 Å². The molecule has 6 nitrogen and oxygen atoms in total. The molecule has 2 N–H and O–H groups in total. The van der Waals surface area contributed by atoms with Gasteiger partial charge in [-0.2, -0.15) is 5.10 Å². The van der Waals surface area contributed by atoms with Crippen molar-refractivity contribution in [1.29, 1.82) is 0 Å². The Balaban J connectivity index is 1.77. The molecule has 0 atom stereocenters. The van der Waals surface area contributed by atoms with Gasteiger partial charge in [0, 0.05) is 37.3 Å². The average Bonchev–Trinajstić information content (AvgIpc) is 2.70. The molecule has 154 valence electrons. The highest BCUT2D eigenvalue weighted by Crippen LogP contribution is 2.16. The molecule has 0 saturated heterocycles. The Labute approximate surface area is 173 Å². The van der Waals surface area contributed by atoms with E-state index < -0.39 is 0 Å². The van der Waals surface area contributed by atoms with Crippen LogP contribution >= 0.6 is 0 Å². The first-order valence-electron chi connectivity index (χ1n) is 9.97. The van der Waals surface area contributed by atoms with Gasteiger partial charge >= 0.3 is 0 Å². The molecule has 2 rings (SSSR count). The van der Waals surface area contributed by atoms with Gasteiger partial charge in [0.1, 0.15) is 0 Å². The maximum atomic E-state index is 12.1. The molecule has 0 aromatic heterocycles. The Morgan fingerprint density at radius 1 is 0.966 bits per heavy atom. The summed E-state index contributed by atoms with van der Waals surface area (Å²) in [6.07, 6.45) is 1.78. The van der Waals surface area contributed by atoms with Crippen LogP contribution in [0.25, 0.3) is 0 Å². The van der Waals surface area contributed by atoms with E-state index in [1.165, 1.54) is 0 Å². The SMILES string of the molecule is CCN(CC)c1ccc(/C=N\NC(=O)CCC(=O)Nc2ccc(C)cc2C)cc1. The Bertz CT molecular complexity index is 856. The minimum Gasteiger partial charge on any atom is -0.372 e. The first-order chi connectivity index (χ1) is 13.9. The fourth-order valence-electron chi connectivity index (χ4n) is 2.99. The van der Waals surface area contributed by atoms with Gasteiger partial charge in [0.15, 0.2) is 0 Å². The third kappa shape index (κ3) is 7.07. The zero-order valence-corrected chi connectivity index (χ0v) is 17.7. The van der Waals surface area contributed by atoms with Crippen molar-refractivity contribution in [2.45, 2.75) is 40.5 Å². The first kappa shape index (κ1) is 22.1. The molecule has 0 spiro atoms. The number of nitrogens with one attached hydrogen (secondary N) is 2. The predicted molar refractivity (Wildman–Crippen MR) is 120 cm³/mol. The lowest BCUT2D eigenvalue weighted by Crippen LogP contribution is -2.21. The van der Waals surface area contributed by atoms with Crippen LogP contribution in [-0.2, 0) is 9.59 Å². The van der Waals surface area contributed by atoms with Crippen molar-refractivity contribution in [3.05, 3.63) is 59.2 Å². The van der Waals surface area contributed by atoms with Gasteiger partial charge in [-0.1, -0.05) is 29.8 Å². The molecule has 0 fully saturated rings. The van der Waals surface area contributed by atoms with Gasteiger partial charge in [-0.05, 0) is 57.0 Å². The molecule has 0 bridgehead atoms. The summed E-state index contributed by atoms with van der Waals surface area (Å²) in [5, 5.41) is 6.81. The monoisotopic (exact) mass is 394 g/mol. The van der Waals surface area contributed by atoms with E-state index in [0.717, 1.165) is 41.2 Å². The maximum absolute atomic E-state index is 12.1. The summed E-state index contributed by atoms with van der Waals surface area (Å²) >= 11 is 0. The quantitative estimate of drug-likeness (QED) is 0.498. The molecule has 0 radical (unpaired) electrons. The molecule has 0 heterocycles. The molecule has 2 aromatic carbocycles. The first-order valence-corrected chi connectivity index (χ1v) is 9.97. The fraction of sp³-hybridized carbons (Fsp3) is 0.348. The smallest absolute Gasteiger partial charge is 0.240 e. The van der Waals surface area contributed by atoms with E-state index >= 15 is 0 Å². The van der Waals surface area contributed by atoms with E-state index in [4.69, 9.17) is 0 Å². The summed E-state index contributed by atoms with van der Waals surface area (Å²) < 4.78 is 0. The highest BCUT2D eigenvalue weighted by molar-refractivity contribution is 5.94. The number of hydrazone groups is 1. The van der Waals surface area contributed by atoms with Crippen molar-refractivity contribution in [2.75, 3.05) is 23.3 Å². The number of hydrogen-bond donors (Lipinski definition) is 2. The molecule has 0 saturated carbocycles. The topological polar surface area (TPSA) is 73.8 Å². The zero-order chi connectivity index (χ0) is 21.2. The third-order valence-electron chi connectivity index (χ3n) is 4.66. The van der Waals surface area contributed by atoms with Gasteiger partial charge in [-0.3, -0.25) is 9.59 Å². The van der Waals surface area contributed by atoms with Gasteiger partial charge in [0.05, 0.1) is 6.21 Å². The lowest BCUT2D eigenvalue weighted by Gasteiger charge is -2.20. The molecule has 2 amide bonds. The molecule has 0 aliphatic heterocycles. The number of carbonyl (C=O) groups is 2. The van der Waals surface area contributed by atoms with Gasteiger partial charge < -0.3 is 10.2 Å². The average molecular weight is 395 g/mol. The number of amides is 2. The van der Waals surface area contributed by atoms with Gasteiger partial charge in [-0.25, -0.2) is 5.43 Å². The summed E-state index contributed by atoms with van der Waals surface area (Å²) in [7, 11) is 0. The van der Waals surface area contributed by atoms with Crippen LogP contribution in [0.5, 0.6) is 0 Å². The second-order valence-electron chi connectivity index (χ2n) is 6.92. The van der Waals surface area contributed by atoms with E-state index in [0.29, 0.717) is 0 Å². The van der Waals surface area contributed by atoms with Crippen LogP contribution in [0.1, 0.15) is 43.4 Å². The number of anilines is 2. The standard InChI is InChI=1S/C23H30N4O2/c1-5-27(6-2)20-10-8-19(9-11-20)16-24-26-23(29)14-13-22(28)25-21-12-7-17(3)15-18(21)4/h7-12,15-16H,5-6,13-14H2,1-4H3,(H,25,28)(H,26,29)/b24-16-. The lowest BCUT2D eigenvalue weighted by molar-refractivity contribution is -0.124. The summed E-state index contributed by atoms with van der Waals surface area (Å²) in [5.74, 6) is -0.486. The molecule has 29 heavy (non-hydrogen) atoms. The number of rotatable bonds is 9. The Hall–Kier alpha value is -3.15. The van der Waals surface area contributed by atoms with E-state index in [1.54, 1.807) is 6.21 Å². The van der Waals surface area contributed by atoms with Crippen LogP contribution in [0, 0.1) is 13.8 Å². The van der Waals surface area contributed by atoms with Crippen LogP contribution in [0.2, 0.25) is 0 Å². The van der Waals surface area contributed by atoms with Crippen molar-refractivity contribution in [3.63, 3.8) is 0 Å². The van der Waals surface area contributed by atoms with Crippen molar-refractivity contribution in [2.24, 2.45) is 5.10 Å². The van der Waals surface area contributed by atoms with E-state index in [1.807, 2.05) is 56.3 Å². The number of nitrogens with zero attached hydrogens (tertiary/aromatic N) is 2. The van der Waals surface area contributed by atoms with Crippen LogP contribution in [-0.4, -0.2) is 31.1 Å². The van der Waals surface area contributed by atoms with Crippen LogP contribution < -0.4 is 15.6 Å². The Morgan fingerprint density at radius 3 is 2.24 bits per heavy atom. The van der Waals surface area contributed by atoms with E-state index in [-0.39, 0.29) is 24.7 Å². The zero-order valence-electron chi connectivity index (χ0n) is 17.7. The highest BCUT2D eigenvalue weighted by atomic mass is 16.2. The molecular weight excluding hydrogens is 364 g/mol.